The number of nitrogens with zero attached hydrogens (tertiary/aromatic N) is 2. The van der Waals surface area contributed by atoms with Crippen molar-refractivity contribution in [1.29, 1.82) is 0 Å². The van der Waals surface area contributed by atoms with Gasteiger partial charge in [0.15, 0.2) is 17.3 Å². The fraction of sp³-hybridized carbons (Fsp3) is 0.174. The van der Waals surface area contributed by atoms with E-state index in [1.165, 1.54) is 11.8 Å². The molecule has 5 nitrogen and oxygen atoms in total. The normalized spacial score (nSPS) is 12.8. The van der Waals surface area contributed by atoms with Gasteiger partial charge in [-0.2, -0.15) is 0 Å². The van der Waals surface area contributed by atoms with Crippen LogP contribution in [0.3, 0.4) is 0 Å². The van der Waals surface area contributed by atoms with Crippen LogP contribution in [-0.2, 0) is 0 Å². The Morgan fingerprint density at radius 3 is 2.67 bits per heavy atom. The number of thioether (sulfide) groups is 1. The zero-order valence-electron chi connectivity index (χ0n) is 16.3. The highest BCUT2D eigenvalue weighted by Crippen LogP contribution is 2.37. The average molecular weight is 435 g/mol. The SMILES string of the molecule is Cc1nc(SCC(=O)c2ccc3c(c2)OCCO3)c2cc(-c3ccccc3)sc2n1. The summed E-state index contributed by atoms with van der Waals surface area (Å²) in [6.07, 6.45) is 0. The predicted octanol–water partition coefficient (Wildman–Crippen LogP) is 5.41. The zero-order valence-corrected chi connectivity index (χ0v) is 17.9. The molecule has 3 heterocycles. The third-order valence-corrected chi connectivity index (χ3v) is 6.80. The summed E-state index contributed by atoms with van der Waals surface area (Å²) in [4.78, 5) is 24.1. The summed E-state index contributed by atoms with van der Waals surface area (Å²) in [6.45, 7) is 2.92. The van der Waals surface area contributed by atoms with E-state index in [0.29, 0.717) is 41.9 Å². The van der Waals surface area contributed by atoms with Crippen LogP contribution in [0.5, 0.6) is 11.5 Å². The van der Waals surface area contributed by atoms with Crippen molar-refractivity contribution >= 4 is 39.1 Å². The fourth-order valence-corrected chi connectivity index (χ4v) is 5.37. The number of rotatable bonds is 5. The van der Waals surface area contributed by atoms with E-state index in [1.54, 1.807) is 29.5 Å². The number of carbonyl (C=O) groups excluding carboxylic acids is 1. The first kappa shape index (κ1) is 19.1. The van der Waals surface area contributed by atoms with Crippen molar-refractivity contribution in [3.05, 3.63) is 66.0 Å². The standard InChI is InChI=1S/C23H18N2O3S2/c1-14-24-22(17-12-21(30-23(17)25-14)15-5-3-2-4-6-15)29-13-18(26)16-7-8-19-20(11-16)28-10-9-27-19/h2-8,11-12H,9-10,13H2,1H3. The number of fused-ring (bicyclic) bond motifs is 2. The highest BCUT2D eigenvalue weighted by Gasteiger charge is 2.17. The first-order chi connectivity index (χ1) is 14.7. The molecule has 0 saturated carbocycles. The number of aromatic nitrogens is 2. The third kappa shape index (κ3) is 3.78. The van der Waals surface area contributed by atoms with Crippen LogP contribution in [0, 0.1) is 6.92 Å². The maximum atomic E-state index is 12.8. The number of hydrogen-bond donors (Lipinski definition) is 0. The molecule has 4 aromatic rings. The molecule has 0 saturated heterocycles. The summed E-state index contributed by atoms with van der Waals surface area (Å²) in [5.41, 5.74) is 1.77. The van der Waals surface area contributed by atoms with Gasteiger partial charge in [0.1, 0.15) is 28.9 Å². The second-order valence-electron chi connectivity index (χ2n) is 6.84. The molecule has 2 aromatic heterocycles. The molecule has 0 atom stereocenters. The van der Waals surface area contributed by atoms with Gasteiger partial charge in [0, 0.05) is 15.8 Å². The number of hydrogen-bond acceptors (Lipinski definition) is 7. The highest BCUT2D eigenvalue weighted by atomic mass is 32.2. The van der Waals surface area contributed by atoms with Gasteiger partial charge in [-0.05, 0) is 36.8 Å². The van der Waals surface area contributed by atoms with E-state index in [9.17, 15) is 4.79 Å². The molecule has 30 heavy (non-hydrogen) atoms. The Bertz CT molecular complexity index is 1240. The van der Waals surface area contributed by atoms with Gasteiger partial charge in [0.25, 0.3) is 0 Å². The molecule has 0 bridgehead atoms. The first-order valence-electron chi connectivity index (χ1n) is 9.56. The largest absolute Gasteiger partial charge is 0.486 e. The predicted molar refractivity (Wildman–Crippen MR) is 120 cm³/mol. The van der Waals surface area contributed by atoms with Crippen molar-refractivity contribution in [3.63, 3.8) is 0 Å². The molecular weight excluding hydrogens is 416 g/mol. The van der Waals surface area contributed by atoms with Gasteiger partial charge in [-0.25, -0.2) is 9.97 Å². The molecule has 5 rings (SSSR count). The van der Waals surface area contributed by atoms with E-state index in [0.717, 1.165) is 25.7 Å². The van der Waals surface area contributed by atoms with Crippen LogP contribution < -0.4 is 9.47 Å². The van der Waals surface area contributed by atoms with E-state index in [-0.39, 0.29) is 5.78 Å². The van der Waals surface area contributed by atoms with Gasteiger partial charge in [-0.15, -0.1) is 11.3 Å². The van der Waals surface area contributed by atoms with Crippen LogP contribution in [0.4, 0.5) is 0 Å². The molecule has 2 aromatic carbocycles. The number of thiophene rings is 1. The number of aryl methyl sites for hydroxylation is 1. The Hall–Kier alpha value is -2.90. The van der Waals surface area contributed by atoms with E-state index < -0.39 is 0 Å². The summed E-state index contributed by atoms with van der Waals surface area (Å²) >= 11 is 3.09. The van der Waals surface area contributed by atoms with E-state index in [4.69, 9.17) is 9.47 Å². The maximum Gasteiger partial charge on any atom is 0.173 e. The van der Waals surface area contributed by atoms with Crippen LogP contribution in [0.15, 0.2) is 59.6 Å². The number of carbonyl (C=O) groups is 1. The number of ether oxygens (including phenoxy) is 2. The van der Waals surface area contributed by atoms with Crippen molar-refractivity contribution in [2.75, 3.05) is 19.0 Å². The first-order valence-corrected chi connectivity index (χ1v) is 11.4. The topological polar surface area (TPSA) is 61.3 Å². The van der Waals surface area contributed by atoms with Crippen molar-refractivity contribution in [1.82, 2.24) is 9.97 Å². The smallest absolute Gasteiger partial charge is 0.173 e. The molecule has 1 aliphatic heterocycles. The molecular formula is C23H18N2O3S2. The summed E-state index contributed by atoms with van der Waals surface area (Å²) < 4.78 is 11.1. The number of ketones is 1. The van der Waals surface area contributed by atoms with Gasteiger partial charge < -0.3 is 9.47 Å². The van der Waals surface area contributed by atoms with E-state index in [2.05, 4.69) is 28.2 Å². The zero-order chi connectivity index (χ0) is 20.5. The summed E-state index contributed by atoms with van der Waals surface area (Å²) in [7, 11) is 0. The monoisotopic (exact) mass is 434 g/mol. The van der Waals surface area contributed by atoms with Gasteiger partial charge in [0.2, 0.25) is 0 Å². The Labute approximate surface area is 182 Å². The quantitative estimate of drug-likeness (QED) is 0.238. The molecule has 0 N–H and O–H groups in total. The molecule has 0 spiro atoms. The maximum absolute atomic E-state index is 12.8. The lowest BCUT2D eigenvalue weighted by Crippen LogP contribution is -2.16. The van der Waals surface area contributed by atoms with Gasteiger partial charge in [0.05, 0.1) is 5.75 Å². The van der Waals surface area contributed by atoms with Crippen LogP contribution in [0.1, 0.15) is 16.2 Å². The summed E-state index contributed by atoms with van der Waals surface area (Å²) in [5.74, 6) is 2.34. The lowest BCUT2D eigenvalue weighted by molar-refractivity contribution is 0.102. The number of benzene rings is 2. The summed E-state index contributed by atoms with van der Waals surface area (Å²) in [5, 5.41) is 1.83. The van der Waals surface area contributed by atoms with E-state index in [1.807, 2.05) is 25.1 Å². The minimum atomic E-state index is 0.0277. The van der Waals surface area contributed by atoms with Crippen LogP contribution >= 0.6 is 23.1 Å². The number of Topliss-reactive ketones (excluding diaryl/α,β-unsaturated/α-hetero) is 1. The van der Waals surface area contributed by atoms with Crippen molar-refractivity contribution in [2.24, 2.45) is 0 Å². The van der Waals surface area contributed by atoms with Crippen LogP contribution in [0.2, 0.25) is 0 Å². The lowest BCUT2D eigenvalue weighted by Gasteiger charge is -2.18. The molecule has 0 unspecified atom stereocenters. The third-order valence-electron chi connectivity index (χ3n) is 4.73. The van der Waals surface area contributed by atoms with Crippen molar-refractivity contribution in [3.8, 4) is 21.9 Å². The van der Waals surface area contributed by atoms with E-state index >= 15 is 0 Å². The van der Waals surface area contributed by atoms with Crippen molar-refractivity contribution < 1.29 is 14.3 Å². The Morgan fingerprint density at radius 2 is 1.83 bits per heavy atom. The molecule has 0 amide bonds. The second-order valence-corrected chi connectivity index (χ2v) is 8.84. The average Bonchev–Trinajstić information content (AvgIpc) is 3.21. The molecule has 0 aliphatic carbocycles. The molecule has 7 heteroatoms. The van der Waals surface area contributed by atoms with Gasteiger partial charge in [-0.3, -0.25) is 4.79 Å². The van der Waals surface area contributed by atoms with Crippen molar-refractivity contribution in [2.45, 2.75) is 11.9 Å². The molecule has 0 radical (unpaired) electrons. The summed E-state index contributed by atoms with van der Waals surface area (Å²) in [6, 6.07) is 17.7. The fourth-order valence-electron chi connectivity index (χ4n) is 3.29. The highest BCUT2D eigenvalue weighted by molar-refractivity contribution is 8.00. The molecule has 1 aliphatic rings. The minimum absolute atomic E-state index is 0.0277. The lowest BCUT2D eigenvalue weighted by atomic mass is 10.1. The van der Waals surface area contributed by atoms with Gasteiger partial charge in [-0.1, -0.05) is 42.1 Å². The second kappa shape index (κ2) is 8.08. The minimum Gasteiger partial charge on any atom is -0.486 e. The Kier molecular flexibility index (Phi) is 5.14. The van der Waals surface area contributed by atoms with Crippen LogP contribution in [-0.4, -0.2) is 34.7 Å². The Morgan fingerprint density at radius 1 is 1.03 bits per heavy atom. The molecule has 150 valence electrons. The van der Waals surface area contributed by atoms with Gasteiger partial charge >= 0.3 is 0 Å². The molecule has 0 fully saturated rings. The van der Waals surface area contributed by atoms with Crippen LogP contribution in [0.25, 0.3) is 20.7 Å². The Balaban J connectivity index is 1.40.